The van der Waals surface area contributed by atoms with Crippen LogP contribution in [0, 0.1) is 18.6 Å². The Balaban J connectivity index is 2.25. The van der Waals surface area contributed by atoms with Crippen LogP contribution >= 0.6 is 0 Å². The highest BCUT2D eigenvalue weighted by Crippen LogP contribution is 2.26. The third-order valence-electron chi connectivity index (χ3n) is 3.37. The van der Waals surface area contributed by atoms with Crippen LogP contribution in [0.15, 0.2) is 30.6 Å². The summed E-state index contributed by atoms with van der Waals surface area (Å²) in [7, 11) is 0. The first kappa shape index (κ1) is 13.2. The van der Waals surface area contributed by atoms with E-state index in [1.807, 2.05) is 0 Å². The topological polar surface area (TPSA) is 71.8 Å². The summed E-state index contributed by atoms with van der Waals surface area (Å²) in [4.78, 5) is 19.4. The number of benzene rings is 1. The third-order valence-corrected chi connectivity index (χ3v) is 3.37. The zero-order chi connectivity index (χ0) is 15.1. The molecule has 3 rings (SSSR count). The van der Waals surface area contributed by atoms with E-state index in [0.29, 0.717) is 11.0 Å². The largest absolute Gasteiger partial charge is 0.396 e. The van der Waals surface area contributed by atoms with Gasteiger partial charge in [0.2, 0.25) is 5.78 Å². The number of nitrogens with one attached hydrogen (secondary N) is 1. The lowest BCUT2D eigenvalue weighted by molar-refractivity contribution is 0.103. The molecule has 0 radical (unpaired) electrons. The summed E-state index contributed by atoms with van der Waals surface area (Å²) in [5.74, 6) is -2.75. The molecule has 21 heavy (non-hydrogen) atoms. The highest BCUT2D eigenvalue weighted by molar-refractivity contribution is 6.17. The molecule has 3 N–H and O–H groups in total. The van der Waals surface area contributed by atoms with Crippen molar-refractivity contribution in [3.63, 3.8) is 0 Å². The van der Waals surface area contributed by atoms with Crippen molar-refractivity contribution in [1.82, 2.24) is 9.97 Å². The predicted octanol–water partition coefficient (Wildman–Crippen LogP) is 2.96. The lowest BCUT2D eigenvalue weighted by atomic mass is 10.00. The van der Waals surface area contributed by atoms with E-state index in [1.165, 1.54) is 6.20 Å². The molecule has 0 unspecified atom stereocenters. The van der Waals surface area contributed by atoms with Crippen molar-refractivity contribution in [3.05, 3.63) is 58.9 Å². The van der Waals surface area contributed by atoms with Crippen molar-refractivity contribution >= 4 is 22.5 Å². The van der Waals surface area contributed by atoms with E-state index in [0.717, 1.165) is 17.7 Å². The Morgan fingerprint density at radius 2 is 2.05 bits per heavy atom. The highest BCUT2D eigenvalue weighted by atomic mass is 19.1. The minimum absolute atomic E-state index is 0.166. The zero-order valence-electron chi connectivity index (χ0n) is 11.1. The number of anilines is 1. The van der Waals surface area contributed by atoms with E-state index < -0.39 is 23.0 Å². The molecule has 0 saturated carbocycles. The van der Waals surface area contributed by atoms with Gasteiger partial charge in [0.15, 0.2) is 5.82 Å². The number of hydrogen-bond donors (Lipinski definition) is 2. The van der Waals surface area contributed by atoms with Crippen molar-refractivity contribution in [1.29, 1.82) is 0 Å². The van der Waals surface area contributed by atoms with Gasteiger partial charge >= 0.3 is 0 Å². The summed E-state index contributed by atoms with van der Waals surface area (Å²) in [6.45, 7) is 1.79. The summed E-state index contributed by atoms with van der Waals surface area (Å²) in [5, 5.41) is 0.545. The van der Waals surface area contributed by atoms with Gasteiger partial charge in [-0.2, -0.15) is 0 Å². The Kier molecular flexibility index (Phi) is 2.94. The van der Waals surface area contributed by atoms with E-state index in [-0.39, 0.29) is 11.3 Å². The number of hydrogen-bond acceptors (Lipinski definition) is 3. The number of fused-ring (bicyclic) bond motifs is 1. The van der Waals surface area contributed by atoms with Gasteiger partial charge in [0.25, 0.3) is 0 Å². The molecule has 0 amide bonds. The van der Waals surface area contributed by atoms with E-state index >= 15 is 0 Å². The van der Waals surface area contributed by atoms with Crippen molar-refractivity contribution in [2.24, 2.45) is 0 Å². The Morgan fingerprint density at radius 1 is 1.29 bits per heavy atom. The fraction of sp³-hybridized carbons (Fsp3) is 0.0667. The molecule has 1 aromatic carbocycles. The standard InChI is InChI=1S/C15H11F2N3O/c1-7-4-5-19-15-11(7)8(6-20-15)14(21)12-9(16)2-3-10(18)13(12)17/h2-6H,18H2,1H3,(H,19,20). The van der Waals surface area contributed by atoms with Crippen LogP contribution in [0.3, 0.4) is 0 Å². The molecule has 3 aromatic rings. The van der Waals surface area contributed by atoms with Gasteiger partial charge in [0.05, 0.1) is 16.8 Å². The summed E-state index contributed by atoms with van der Waals surface area (Å²) < 4.78 is 27.8. The minimum atomic E-state index is -1.05. The average Bonchev–Trinajstić information content (AvgIpc) is 2.88. The number of nitrogens with two attached hydrogens (primary N) is 1. The molecular formula is C15H11F2N3O. The van der Waals surface area contributed by atoms with Crippen LogP contribution in [0.4, 0.5) is 14.5 Å². The molecule has 0 spiro atoms. The number of ketones is 1. The lowest BCUT2D eigenvalue weighted by Crippen LogP contribution is -2.09. The number of carbonyl (C=O) groups excluding carboxylic acids is 1. The molecule has 6 heteroatoms. The maximum absolute atomic E-state index is 14.0. The number of halogens is 2. The first-order valence-electron chi connectivity index (χ1n) is 6.21. The summed E-state index contributed by atoms with van der Waals surface area (Å²) in [6.07, 6.45) is 2.99. The number of H-pyrrole nitrogens is 1. The van der Waals surface area contributed by atoms with Gasteiger partial charge in [0, 0.05) is 17.8 Å². The lowest BCUT2D eigenvalue weighted by Gasteiger charge is -2.06. The quantitative estimate of drug-likeness (QED) is 0.562. The van der Waals surface area contributed by atoms with E-state index in [4.69, 9.17) is 5.73 Å². The van der Waals surface area contributed by atoms with E-state index in [1.54, 1.807) is 19.2 Å². The fourth-order valence-electron chi connectivity index (χ4n) is 2.31. The second kappa shape index (κ2) is 4.66. The van der Waals surface area contributed by atoms with Crippen molar-refractivity contribution in [2.45, 2.75) is 6.92 Å². The number of aromatic nitrogens is 2. The van der Waals surface area contributed by atoms with Crippen LogP contribution in [0.1, 0.15) is 21.5 Å². The maximum Gasteiger partial charge on any atom is 0.201 e. The molecule has 0 aliphatic rings. The number of carbonyl (C=O) groups is 1. The van der Waals surface area contributed by atoms with Crippen molar-refractivity contribution in [2.75, 3.05) is 5.73 Å². The SMILES string of the molecule is Cc1ccnc2[nH]cc(C(=O)c3c(F)ccc(N)c3F)c12. The van der Waals surface area contributed by atoms with Gasteiger partial charge in [0.1, 0.15) is 11.5 Å². The van der Waals surface area contributed by atoms with E-state index in [9.17, 15) is 13.6 Å². The van der Waals surface area contributed by atoms with Gasteiger partial charge in [-0.3, -0.25) is 4.79 Å². The molecule has 0 bridgehead atoms. The molecule has 2 aromatic heterocycles. The highest BCUT2D eigenvalue weighted by Gasteiger charge is 2.24. The molecule has 0 aliphatic heterocycles. The van der Waals surface area contributed by atoms with Crippen LogP contribution in [-0.2, 0) is 0 Å². The number of aromatic amines is 1. The van der Waals surface area contributed by atoms with Crippen molar-refractivity contribution in [3.8, 4) is 0 Å². The van der Waals surface area contributed by atoms with Crippen LogP contribution in [-0.4, -0.2) is 15.8 Å². The monoisotopic (exact) mass is 287 g/mol. The van der Waals surface area contributed by atoms with Crippen LogP contribution in [0.25, 0.3) is 11.0 Å². The summed E-state index contributed by atoms with van der Waals surface area (Å²) in [6, 6.07) is 3.79. The number of aryl methyl sites for hydroxylation is 1. The normalized spacial score (nSPS) is 11.0. The third kappa shape index (κ3) is 1.96. The average molecular weight is 287 g/mol. The zero-order valence-corrected chi connectivity index (χ0v) is 11.1. The molecule has 0 aliphatic carbocycles. The minimum Gasteiger partial charge on any atom is -0.396 e. The first-order chi connectivity index (χ1) is 10.0. The van der Waals surface area contributed by atoms with Crippen LogP contribution < -0.4 is 5.73 Å². The molecular weight excluding hydrogens is 276 g/mol. The summed E-state index contributed by atoms with van der Waals surface area (Å²) in [5.41, 5.74) is 5.93. The Hall–Kier alpha value is -2.76. The number of nitrogen functional groups attached to an aromatic ring is 1. The second-order valence-corrected chi connectivity index (χ2v) is 4.71. The van der Waals surface area contributed by atoms with Gasteiger partial charge in [-0.05, 0) is 30.7 Å². The van der Waals surface area contributed by atoms with Gasteiger partial charge in [-0.1, -0.05) is 0 Å². The van der Waals surface area contributed by atoms with Gasteiger partial charge in [-0.25, -0.2) is 13.8 Å². The van der Waals surface area contributed by atoms with Crippen molar-refractivity contribution < 1.29 is 13.6 Å². The Labute approximate surface area is 118 Å². The fourth-order valence-corrected chi connectivity index (χ4v) is 2.31. The Bertz CT molecular complexity index is 871. The smallest absolute Gasteiger partial charge is 0.201 e. The van der Waals surface area contributed by atoms with E-state index in [2.05, 4.69) is 9.97 Å². The molecule has 2 heterocycles. The number of rotatable bonds is 2. The molecule has 106 valence electrons. The van der Waals surface area contributed by atoms with Crippen LogP contribution in [0.2, 0.25) is 0 Å². The molecule has 0 atom stereocenters. The summed E-state index contributed by atoms with van der Waals surface area (Å²) >= 11 is 0. The number of pyridine rings is 1. The van der Waals surface area contributed by atoms with Crippen LogP contribution in [0.5, 0.6) is 0 Å². The van der Waals surface area contributed by atoms with Gasteiger partial charge in [-0.15, -0.1) is 0 Å². The maximum atomic E-state index is 14.0. The molecule has 4 nitrogen and oxygen atoms in total. The van der Waals surface area contributed by atoms with Gasteiger partial charge < -0.3 is 10.7 Å². The first-order valence-corrected chi connectivity index (χ1v) is 6.21. The Morgan fingerprint density at radius 3 is 2.81 bits per heavy atom. The predicted molar refractivity (Wildman–Crippen MR) is 75.0 cm³/mol. The molecule has 0 fully saturated rings. The molecule has 0 saturated heterocycles. The number of nitrogens with zero attached hydrogens (tertiary/aromatic N) is 1. The second-order valence-electron chi connectivity index (χ2n) is 4.71.